The van der Waals surface area contributed by atoms with E-state index < -0.39 is 12.1 Å². The zero-order valence-corrected chi connectivity index (χ0v) is 22.5. The minimum absolute atomic E-state index is 0. The summed E-state index contributed by atoms with van der Waals surface area (Å²) in [5.74, 6) is 1.86. The first-order chi connectivity index (χ1) is 17.5. The summed E-state index contributed by atoms with van der Waals surface area (Å²) in [7, 11) is 4.82. The summed E-state index contributed by atoms with van der Waals surface area (Å²) >= 11 is 0. The number of ether oxygens (including phenoxy) is 4. The molecule has 2 saturated heterocycles. The average molecular weight is 534 g/mol. The first kappa shape index (κ1) is 28.4. The van der Waals surface area contributed by atoms with Crippen LogP contribution in [0.1, 0.15) is 24.0 Å². The number of halogens is 1. The molecule has 4 rings (SSSR count). The lowest BCUT2D eigenvalue weighted by Gasteiger charge is -2.37. The van der Waals surface area contributed by atoms with Crippen molar-refractivity contribution in [2.24, 2.45) is 0 Å². The molecule has 0 unspecified atom stereocenters. The van der Waals surface area contributed by atoms with E-state index in [1.165, 1.54) is 0 Å². The molecule has 202 valence electrons. The van der Waals surface area contributed by atoms with Crippen LogP contribution >= 0.6 is 12.4 Å². The van der Waals surface area contributed by atoms with E-state index in [1.54, 1.807) is 26.2 Å². The number of rotatable bonds is 8. The summed E-state index contributed by atoms with van der Waals surface area (Å²) in [6.07, 6.45) is 1.05. The lowest BCUT2D eigenvalue weighted by Crippen LogP contribution is -2.54. The van der Waals surface area contributed by atoms with Crippen molar-refractivity contribution in [1.29, 1.82) is 0 Å². The third-order valence-corrected chi connectivity index (χ3v) is 6.84. The van der Waals surface area contributed by atoms with Gasteiger partial charge in [0.25, 0.3) is 0 Å². The van der Waals surface area contributed by atoms with Crippen molar-refractivity contribution in [3.05, 3.63) is 53.6 Å². The van der Waals surface area contributed by atoms with Gasteiger partial charge in [-0.3, -0.25) is 14.6 Å². The molecule has 0 bridgehead atoms. The number of benzene rings is 2. The fourth-order valence-corrected chi connectivity index (χ4v) is 4.91. The number of hydrogen-bond acceptors (Lipinski definition) is 7. The highest BCUT2D eigenvalue weighted by atomic mass is 35.5. The second kappa shape index (κ2) is 13.4. The van der Waals surface area contributed by atoms with E-state index in [-0.39, 0.29) is 24.9 Å². The highest BCUT2D eigenvalue weighted by Gasteiger charge is 2.38. The van der Waals surface area contributed by atoms with Crippen LogP contribution in [-0.4, -0.2) is 86.8 Å². The number of carbonyl (C=O) groups is 2. The van der Waals surface area contributed by atoms with Gasteiger partial charge in [0, 0.05) is 44.8 Å². The third kappa shape index (κ3) is 6.59. The van der Waals surface area contributed by atoms with Crippen molar-refractivity contribution in [2.75, 3.05) is 54.1 Å². The van der Waals surface area contributed by atoms with Crippen LogP contribution in [-0.2, 0) is 22.7 Å². The summed E-state index contributed by atoms with van der Waals surface area (Å²) < 4.78 is 22.0. The number of nitrogens with zero attached hydrogens (tertiary/aromatic N) is 3. The number of amides is 2. The molecule has 2 amide bonds. The lowest BCUT2D eigenvalue weighted by molar-refractivity contribution is -0.137. The van der Waals surface area contributed by atoms with Crippen molar-refractivity contribution in [3.63, 3.8) is 0 Å². The first-order valence-corrected chi connectivity index (χ1v) is 12.3. The summed E-state index contributed by atoms with van der Waals surface area (Å²) in [5, 5.41) is 0. The van der Waals surface area contributed by atoms with Gasteiger partial charge in [-0.15, -0.1) is 12.4 Å². The standard InChI is InChI=1S/C27H35N3O6.ClH/c1-33-23-12-11-21(24(34-2)25(23)35-3)18-28-14-16-29(17-15-28)26(31)22-10-7-13-30(22)27(32)36-19-20-8-5-4-6-9-20;/h4-6,8-9,11-12,22H,7,10,13-19H2,1-3H3;1H/t22-;/m0./s1. The molecular weight excluding hydrogens is 498 g/mol. The Morgan fingerprint density at radius 1 is 0.865 bits per heavy atom. The smallest absolute Gasteiger partial charge is 0.410 e. The highest BCUT2D eigenvalue weighted by molar-refractivity contribution is 5.86. The summed E-state index contributed by atoms with van der Waals surface area (Å²) in [6.45, 7) is 4.10. The van der Waals surface area contributed by atoms with Gasteiger partial charge in [0.1, 0.15) is 12.6 Å². The Hall–Kier alpha value is -3.17. The van der Waals surface area contributed by atoms with E-state index >= 15 is 0 Å². The van der Waals surface area contributed by atoms with E-state index in [1.807, 2.05) is 47.4 Å². The molecule has 37 heavy (non-hydrogen) atoms. The summed E-state index contributed by atoms with van der Waals surface area (Å²) in [6, 6.07) is 13.0. The third-order valence-electron chi connectivity index (χ3n) is 6.84. The van der Waals surface area contributed by atoms with Crippen molar-refractivity contribution in [3.8, 4) is 17.2 Å². The van der Waals surface area contributed by atoms with E-state index in [0.717, 1.165) is 30.6 Å². The van der Waals surface area contributed by atoms with Gasteiger partial charge in [0.15, 0.2) is 11.5 Å². The number of likely N-dealkylation sites (tertiary alicyclic amines) is 1. The maximum atomic E-state index is 13.3. The largest absolute Gasteiger partial charge is 0.493 e. The Morgan fingerprint density at radius 2 is 1.57 bits per heavy atom. The van der Waals surface area contributed by atoms with Crippen molar-refractivity contribution < 1.29 is 28.5 Å². The van der Waals surface area contributed by atoms with Crippen LogP contribution in [0.3, 0.4) is 0 Å². The van der Waals surface area contributed by atoms with Crippen LogP contribution in [0.15, 0.2) is 42.5 Å². The molecule has 2 aliphatic rings. The van der Waals surface area contributed by atoms with Gasteiger partial charge in [-0.2, -0.15) is 0 Å². The minimum Gasteiger partial charge on any atom is -0.493 e. The molecule has 2 heterocycles. The Bertz CT molecular complexity index is 1050. The van der Waals surface area contributed by atoms with Crippen LogP contribution < -0.4 is 14.2 Å². The predicted octanol–water partition coefficient (Wildman–Crippen LogP) is 3.58. The second-order valence-electron chi connectivity index (χ2n) is 8.99. The van der Waals surface area contributed by atoms with Crippen LogP contribution in [0.25, 0.3) is 0 Å². The van der Waals surface area contributed by atoms with Crippen LogP contribution in [0.2, 0.25) is 0 Å². The van der Waals surface area contributed by atoms with Gasteiger partial charge in [0.2, 0.25) is 11.7 Å². The molecule has 0 radical (unpaired) electrons. The molecule has 10 heteroatoms. The van der Waals surface area contributed by atoms with Gasteiger partial charge < -0.3 is 23.8 Å². The molecule has 0 aliphatic carbocycles. The fourth-order valence-electron chi connectivity index (χ4n) is 4.91. The molecule has 2 aromatic carbocycles. The fraction of sp³-hybridized carbons (Fsp3) is 0.481. The number of piperazine rings is 1. The zero-order chi connectivity index (χ0) is 25.5. The molecule has 1 atom stereocenters. The molecule has 9 nitrogen and oxygen atoms in total. The zero-order valence-electron chi connectivity index (χ0n) is 21.7. The second-order valence-corrected chi connectivity index (χ2v) is 8.99. The topological polar surface area (TPSA) is 80.8 Å². The van der Waals surface area contributed by atoms with Gasteiger partial charge in [-0.1, -0.05) is 36.4 Å². The van der Waals surface area contributed by atoms with E-state index in [9.17, 15) is 9.59 Å². The quantitative estimate of drug-likeness (QED) is 0.513. The SMILES string of the molecule is COc1ccc(CN2CCN(C(=O)[C@@H]3CCCN3C(=O)OCc3ccccc3)CC2)c(OC)c1OC.Cl. The van der Waals surface area contributed by atoms with Crippen molar-refractivity contribution >= 4 is 24.4 Å². The Balaban J connectivity index is 0.00000380. The van der Waals surface area contributed by atoms with Crippen molar-refractivity contribution in [1.82, 2.24) is 14.7 Å². The maximum absolute atomic E-state index is 13.3. The highest BCUT2D eigenvalue weighted by Crippen LogP contribution is 2.40. The monoisotopic (exact) mass is 533 g/mol. The minimum atomic E-state index is -0.453. The molecule has 2 aliphatic heterocycles. The van der Waals surface area contributed by atoms with E-state index in [0.29, 0.717) is 49.8 Å². The van der Waals surface area contributed by atoms with Gasteiger partial charge in [-0.05, 0) is 24.5 Å². The van der Waals surface area contributed by atoms with E-state index in [4.69, 9.17) is 18.9 Å². The molecule has 0 saturated carbocycles. The van der Waals surface area contributed by atoms with Gasteiger partial charge >= 0.3 is 6.09 Å². The summed E-state index contributed by atoms with van der Waals surface area (Å²) in [5.41, 5.74) is 1.92. The molecule has 2 fully saturated rings. The lowest BCUT2D eigenvalue weighted by atomic mass is 10.1. The van der Waals surface area contributed by atoms with Gasteiger partial charge in [0.05, 0.1) is 21.3 Å². The number of methoxy groups -OCH3 is 3. The summed E-state index contributed by atoms with van der Waals surface area (Å²) in [4.78, 5) is 31.8. The Kier molecular flexibility index (Phi) is 10.3. The number of hydrogen-bond donors (Lipinski definition) is 0. The molecule has 0 aromatic heterocycles. The Morgan fingerprint density at radius 3 is 2.22 bits per heavy atom. The maximum Gasteiger partial charge on any atom is 0.410 e. The average Bonchev–Trinajstić information content (AvgIpc) is 3.42. The number of carbonyl (C=O) groups excluding carboxylic acids is 2. The van der Waals surface area contributed by atoms with Crippen molar-refractivity contribution in [2.45, 2.75) is 32.0 Å². The Labute approximate surface area is 224 Å². The van der Waals surface area contributed by atoms with Crippen LogP contribution in [0, 0.1) is 0 Å². The molecular formula is C27H36ClN3O6. The van der Waals surface area contributed by atoms with Crippen LogP contribution in [0.5, 0.6) is 17.2 Å². The molecule has 2 aromatic rings. The normalized spacial score (nSPS) is 17.6. The van der Waals surface area contributed by atoms with Crippen LogP contribution in [0.4, 0.5) is 4.79 Å². The first-order valence-electron chi connectivity index (χ1n) is 12.3. The van der Waals surface area contributed by atoms with E-state index in [2.05, 4.69) is 4.90 Å². The predicted molar refractivity (Wildman–Crippen MR) is 142 cm³/mol. The molecule has 0 N–H and O–H groups in total. The van der Waals surface area contributed by atoms with Gasteiger partial charge in [-0.25, -0.2) is 4.79 Å². The molecule has 0 spiro atoms.